The number of hydrogen-bond acceptors (Lipinski definition) is 5. The third-order valence-electron chi connectivity index (χ3n) is 5.91. The maximum absolute atomic E-state index is 12.9. The van der Waals surface area contributed by atoms with E-state index in [1.165, 1.54) is 6.20 Å². The number of rotatable bonds is 4. The van der Waals surface area contributed by atoms with Crippen LogP contribution in [0.3, 0.4) is 0 Å². The molecule has 2 atom stereocenters. The first-order chi connectivity index (χ1) is 14.2. The zero-order chi connectivity index (χ0) is 20.2. The first kappa shape index (κ1) is 19.1. The maximum Gasteiger partial charge on any atom is 0.410 e. The van der Waals surface area contributed by atoms with Gasteiger partial charge in [-0.15, -0.1) is 0 Å². The smallest absolute Gasteiger partial charge is 0.410 e. The molecule has 1 aromatic heterocycles. The van der Waals surface area contributed by atoms with E-state index in [-0.39, 0.29) is 36.5 Å². The molecule has 6 heteroatoms. The van der Waals surface area contributed by atoms with E-state index in [4.69, 9.17) is 10.00 Å². The first-order valence-corrected chi connectivity index (χ1v) is 10.0. The molecule has 2 aliphatic heterocycles. The molecular weight excluding hydrogens is 366 g/mol. The van der Waals surface area contributed by atoms with Crippen LogP contribution in [-0.4, -0.2) is 33.8 Å². The number of benzene rings is 1. The van der Waals surface area contributed by atoms with Crippen molar-refractivity contribution in [1.29, 1.82) is 5.26 Å². The average molecular weight is 389 g/mol. The molecule has 0 radical (unpaired) electrons. The van der Waals surface area contributed by atoms with E-state index in [1.54, 1.807) is 12.1 Å². The van der Waals surface area contributed by atoms with Crippen LogP contribution in [0.25, 0.3) is 0 Å². The normalized spacial score (nSPS) is 23.1. The Bertz CT molecular complexity index is 907. The molecule has 2 bridgehead atoms. The summed E-state index contributed by atoms with van der Waals surface area (Å²) in [5, 5.41) is 8.90. The second kappa shape index (κ2) is 8.44. The van der Waals surface area contributed by atoms with Crippen molar-refractivity contribution in [3.05, 3.63) is 65.5 Å². The van der Waals surface area contributed by atoms with Gasteiger partial charge in [0.25, 0.3) is 0 Å². The monoisotopic (exact) mass is 389 g/mol. The number of fused-ring (bicyclic) bond motifs is 2. The van der Waals surface area contributed by atoms with Crippen molar-refractivity contribution in [2.45, 2.75) is 50.8 Å². The number of nitrogens with zero attached hydrogens (tertiary/aromatic N) is 3. The van der Waals surface area contributed by atoms with Gasteiger partial charge in [-0.3, -0.25) is 9.78 Å². The van der Waals surface area contributed by atoms with Gasteiger partial charge in [-0.05, 0) is 49.8 Å². The number of aromatic nitrogens is 1. The third-order valence-corrected chi connectivity index (χ3v) is 5.91. The molecule has 1 amide bonds. The van der Waals surface area contributed by atoms with Gasteiger partial charge in [0.05, 0.1) is 5.56 Å². The van der Waals surface area contributed by atoms with E-state index in [1.807, 2.05) is 41.3 Å². The van der Waals surface area contributed by atoms with Gasteiger partial charge in [-0.2, -0.15) is 5.26 Å². The lowest BCUT2D eigenvalue weighted by atomic mass is 9.76. The zero-order valence-corrected chi connectivity index (χ0v) is 16.2. The number of pyridine rings is 1. The highest BCUT2D eigenvalue weighted by molar-refractivity contribution is 5.96. The highest BCUT2D eigenvalue weighted by Crippen LogP contribution is 2.38. The number of hydrogen-bond donors (Lipinski definition) is 0. The Hall–Kier alpha value is -3.20. The number of ketones is 1. The molecule has 0 saturated carbocycles. The lowest BCUT2D eigenvalue weighted by Gasteiger charge is -2.47. The van der Waals surface area contributed by atoms with Gasteiger partial charge < -0.3 is 9.64 Å². The van der Waals surface area contributed by atoms with Crippen LogP contribution in [0.15, 0.2) is 48.7 Å². The maximum atomic E-state index is 12.9. The lowest BCUT2D eigenvalue weighted by Crippen LogP contribution is -2.55. The fraction of sp³-hybridized carbons (Fsp3) is 0.391. The molecule has 4 rings (SSSR count). The van der Waals surface area contributed by atoms with E-state index in [9.17, 15) is 9.59 Å². The van der Waals surface area contributed by atoms with Crippen LogP contribution in [0.2, 0.25) is 0 Å². The molecule has 0 aliphatic carbocycles. The quantitative estimate of drug-likeness (QED) is 0.735. The van der Waals surface area contributed by atoms with Gasteiger partial charge >= 0.3 is 6.09 Å². The van der Waals surface area contributed by atoms with Crippen LogP contribution < -0.4 is 0 Å². The molecule has 3 heterocycles. The molecule has 1 aromatic carbocycles. The second-order valence-electron chi connectivity index (χ2n) is 7.76. The minimum absolute atomic E-state index is 0.00342. The second-order valence-corrected chi connectivity index (χ2v) is 7.76. The highest BCUT2D eigenvalue weighted by Gasteiger charge is 2.43. The summed E-state index contributed by atoms with van der Waals surface area (Å²) in [5.74, 6) is -0.146. The number of carbonyl (C=O) groups is 2. The SMILES string of the molecule is N#Cc1ccc(C(=O)C2CC3CCCC(C2)N3C(=O)OCc2ccccc2)nc1. The Labute approximate surface area is 170 Å². The Morgan fingerprint density at radius 1 is 1.10 bits per heavy atom. The highest BCUT2D eigenvalue weighted by atomic mass is 16.6. The molecule has 2 fully saturated rings. The van der Waals surface area contributed by atoms with Crippen molar-refractivity contribution >= 4 is 11.9 Å². The molecule has 148 valence electrons. The number of nitriles is 1. The van der Waals surface area contributed by atoms with E-state index in [0.717, 1.165) is 24.8 Å². The number of carbonyl (C=O) groups excluding carboxylic acids is 2. The Balaban J connectivity index is 1.42. The van der Waals surface area contributed by atoms with Crippen molar-refractivity contribution in [2.75, 3.05) is 0 Å². The molecule has 2 aromatic rings. The van der Waals surface area contributed by atoms with Gasteiger partial charge in [0.15, 0.2) is 5.78 Å². The summed E-state index contributed by atoms with van der Waals surface area (Å²) in [6.45, 7) is 0.257. The number of ether oxygens (including phenoxy) is 1. The van der Waals surface area contributed by atoms with Crippen LogP contribution in [0.4, 0.5) is 4.79 Å². The minimum atomic E-state index is -0.286. The zero-order valence-electron chi connectivity index (χ0n) is 16.2. The molecule has 0 spiro atoms. The van der Waals surface area contributed by atoms with E-state index in [0.29, 0.717) is 24.1 Å². The summed E-state index contributed by atoms with van der Waals surface area (Å²) >= 11 is 0. The third kappa shape index (κ3) is 4.14. The average Bonchev–Trinajstić information content (AvgIpc) is 2.77. The summed E-state index contributed by atoms with van der Waals surface area (Å²) in [6.07, 6.45) is 5.27. The fourth-order valence-electron chi connectivity index (χ4n) is 4.50. The van der Waals surface area contributed by atoms with Crippen LogP contribution in [0.1, 0.15) is 53.7 Å². The predicted octanol–water partition coefficient (Wildman–Crippen LogP) is 4.11. The molecule has 29 heavy (non-hydrogen) atoms. The van der Waals surface area contributed by atoms with E-state index < -0.39 is 0 Å². The molecule has 6 nitrogen and oxygen atoms in total. The summed E-state index contributed by atoms with van der Waals surface area (Å²) in [6, 6.07) is 15.0. The summed E-state index contributed by atoms with van der Waals surface area (Å²) in [7, 11) is 0. The van der Waals surface area contributed by atoms with Gasteiger partial charge in [0.1, 0.15) is 18.4 Å². The molecule has 2 unspecified atom stereocenters. The molecule has 2 saturated heterocycles. The van der Waals surface area contributed by atoms with Gasteiger partial charge in [-0.1, -0.05) is 30.3 Å². The number of piperidine rings is 2. The van der Waals surface area contributed by atoms with Crippen molar-refractivity contribution in [1.82, 2.24) is 9.88 Å². The van der Waals surface area contributed by atoms with Crippen molar-refractivity contribution in [3.8, 4) is 6.07 Å². The van der Waals surface area contributed by atoms with Crippen molar-refractivity contribution in [3.63, 3.8) is 0 Å². The fourth-order valence-corrected chi connectivity index (χ4v) is 4.50. The number of Topliss-reactive ketones (excluding diaryl/α,β-unsaturated/α-hetero) is 1. The largest absolute Gasteiger partial charge is 0.445 e. The lowest BCUT2D eigenvalue weighted by molar-refractivity contribution is 0.00463. The summed E-state index contributed by atoms with van der Waals surface area (Å²) in [5.41, 5.74) is 1.80. The molecule has 2 aliphatic rings. The van der Waals surface area contributed by atoms with Gasteiger partial charge in [0.2, 0.25) is 0 Å². The van der Waals surface area contributed by atoms with Crippen molar-refractivity contribution in [2.24, 2.45) is 5.92 Å². The topological polar surface area (TPSA) is 83.3 Å². The van der Waals surface area contributed by atoms with Gasteiger partial charge in [-0.25, -0.2) is 4.79 Å². The van der Waals surface area contributed by atoms with E-state index in [2.05, 4.69) is 4.98 Å². The Kier molecular flexibility index (Phi) is 5.57. The first-order valence-electron chi connectivity index (χ1n) is 10.0. The van der Waals surface area contributed by atoms with Gasteiger partial charge in [0, 0.05) is 24.2 Å². The van der Waals surface area contributed by atoms with Crippen LogP contribution in [0, 0.1) is 17.2 Å². The van der Waals surface area contributed by atoms with Crippen LogP contribution >= 0.6 is 0 Å². The summed E-state index contributed by atoms with van der Waals surface area (Å²) in [4.78, 5) is 31.7. The van der Waals surface area contributed by atoms with Crippen molar-refractivity contribution < 1.29 is 14.3 Å². The van der Waals surface area contributed by atoms with E-state index >= 15 is 0 Å². The number of amides is 1. The Morgan fingerprint density at radius 2 is 1.83 bits per heavy atom. The van der Waals surface area contributed by atoms with Crippen LogP contribution in [0.5, 0.6) is 0 Å². The molecule has 0 N–H and O–H groups in total. The molecular formula is C23H23N3O3. The minimum Gasteiger partial charge on any atom is -0.445 e. The Morgan fingerprint density at radius 3 is 2.45 bits per heavy atom. The van der Waals surface area contributed by atoms with Crippen LogP contribution in [-0.2, 0) is 11.3 Å². The standard InChI is InChI=1S/C23H23N3O3/c24-13-17-9-10-21(25-14-17)22(27)18-11-19-7-4-8-20(12-18)26(19)23(28)29-15-16-5-2-1-3-6-16/h1-3,5-6,9-10,14,18-20H,4,7-8,11-12,15H2. The summed E-state index contributed by atoms with van der Waals surface area (Å²) < 4.78 is 5.57. The predicted molar refractivity (Wildman–Crippen MR) is 106 cm³/mol.